The Morgan fingerprint density at radius 3 is 2.83 bits per heavy atom. The second kappa shape index (κ2) is 6.82. The van der Waals surface area contributed by atoms with E-state index < -0.39 is 0 Å². The van der Waals surface area contributed by atoms with Crippen LogP contribution < -0.4 is 10.2 Å². The SMILES string of the molecule is CC(C)CC(=O)Nc1ccc(N2CCCc3ccccc32)nc1. The maximum Gasteiger partial charge on any atom is 0.224 e. The molecule has 4 heteroatoms. The van der Waals surface area contributed by atoms with Gasteiger partial charge in [-0.1, -0.05) is 32.0 Å². The average Bonchev–Trinajstić information content (AvgIpc) is 2.54. The van der Waals surface area contributed by atoms with Crippen molar-refractivity contribution in [1.82, 2.24) is 4.98 Å². The van der Waals surface area contributed by atoms with Crippen molar-refractivity contribution in [2.75, 3.05) is 16.8 Å². The number of benzene rings is 1. The number of fused-ring (bicyclic) bond motifs is 1. The molecule has 1 N–H and O–H groups in total. The quantitative estimate of drug-likeness (QED) is 0.922. The number of aryl methyl sites for hydroxylation is 1. The van der Waals surface area contributed by atoms with Crippen LogP contribution in [0.25, 0.3) is 0 Å². The van der Waals surface area contributed by atoms with Gasteiger partial charge in [0.2, 0.25) is 5.91 Å². The van der Waals surface area contributed by atoms with E-state index in [0.29, 0.717) is 12.3 Å². The van der Waals surface area contributed by atoms with Crippen molar-refractivity contribution < 1.29 is 4.79 Å². The van der Waals surface area contributed by atoms with Crippen LogP contribution in [0.2, 0.25) is 0 Å². The second-order valence-corrected chi connectivity index (χ2v) is 6.44. The number of para-hydroxylation sites is 1. The number of nitrogens with zero attached hydrogens (tertiary/aromatic N) is 2. The third-order valence-electron chi connectivity index (χ3n) is 4.01. The smallest absolute Gasteiger partial charge is 0.224 e. The Kier molecular flexibility index (Phi) is 4.60. The number of nitrogens with one attached hydrogen (secondary N) is 1. The Hall–Kier alpha value is -2.36. The minimum Gasteiger partial charge on any atom is -0.326 e. The molecule has 0 saturated heterocycles. The summed E-state index contributed by atoms with van der Waals surface area (Å²) < 4.78 is 0. The van der Waals surface area contributed by atoms with E-state index >= 15 is 0 Å². The third kappa shape index (κ3) is 3.70. The number of hydrogen-bond donors (Lipinski definition) is 1. The molecule has 0 aliphatic carbocycles. The summed E-state index contributed by atoms with van der Waals surface area (Å²) in [7, 11) is 0. The van der Waals surface area contributed by atoms with Crippen LogP contribution in [0, 0.1) is 5.92 Å². The molecule has 2 aromatic rings. The molecule has 120 valence electrons. The van der Waals surface area contributed by atoms with Crippen molar-refractivity contribution in [3.05, 3.63) is 48.2 Å². The molecular formula is C19H23N3O. The third-order valence-corrected chi connectivity index (χ3v) is 4.01. The fraction of sp³-hybridized carbons (Fsp3) is 0.368. The zero-order valence-electron chi connectivity index (χ0n) is 13.7. The van der Waals surface area contributed by atoms with Crippen LogP contribution in [0.5, 0.6) is 0 Å². The molecule has 1 amide bonds. The number of carbonyl (C=O) groups excluding carboxylic acids is 1. The van der Waals surface area contributed by atoms with Crippen LogP contribution in [0.4, 0.5) is 17.2 Å². The highest BCUT2D eigenvalue weighted by molar-refractivity contribution is 5.90. The number of anilines is 3. The molecule has 1 aliphatic rings. The molecule has 23 heavy (non-hydrogen) atoms. The van der Waals surface area contributed by atoms with E-state index in [9.17, 15) is 4.79 Å². The first-order chi connectivity index (χ1) is 11.1. The number of pyridine rings is 1. The minimum absolute atomic E-state index is 0.0397. The summed E-state index contributed by atoms with van der Waals surface area (Å²) in [5.74, 6) is 1.32. The van der Waals surface area contributed by atoms with Gasteiger partial charge in [-0.15, -0.1) is 0 Å². The van der Waals surface area contributed by atoms with Gasteiger partial charge in [-0.3, -0.25) is 4.79 Å². The van der Waals surface area contributed by atoms with Gasteiger partial charge in [-0.2, -0.15) is 0 Å². The number of rotatable bonds is 4. The monoisotopic (exact) mass is 309 g/mol. The summed E-state index contributed by atoms with van der Waals surface area (Å²) >= 11 is 0. The molecule has 0 atom stereocenters. The second-order valence-electron chi connectivity index (χ2n) is 6.44. The molecule has 1 aromatic heterocycles. The lowest BCUT2D eigenvalue weighted by Crippen LogP contribution is -2.25. The van der Waals surface area contributed by atoms with E-state index in [1.165, 1.54) is 11.3 Å². The first kappa shape index (κ1) is 15.5. The maximum absolute atomic E-state index is 11.8. The lowest BCUT2D eigenvalue weighted by Gasteiger charge is -2.30. The van der Waals surface area contributed by atoms with Crippen LogP contribution >= 0.6 is 0 Å². The van der Waals surface area contributed by atoms with Gasteiger partial charge in [0.05, 0.1) is 11.9 Å². The number of amides is 1. The van der Waals surface area contributed by atoms with Gasteiger partial charge in [-0.05, 0) is 42.5 Å². The van der Waals surface area contributed by atoms with Crippen LogP contribution in [-0.4, -0.2) is 17.4 Å². The summed E-state index contributed by atoms with van der Waals surface area (Å²) in [4.78, 5) is 18.6. The van der Waals surface area contributed by atoms with Crippen molar-refractivity contribution in [1.29, 1.82) is 0 Å². The Balaban J connectivity index is 1.74. The standard InChI is InChI=1S/C19H23N3O/c1-14(2)12-19(23)21-16-9-10-18(20-13-16)22-11-5-7-15-6-3-4-8-17(15)22/h3-4,6,8-10,13-14H,5,7,11-12H2,1-2H3,(H,21,23). The molecule has 0 radical (unpaired) electrons. The zero-order valence-corrected chi connectivity index (χ0v) is 13.7. The summed E-state index contributed by atoms with van der Waals surface area (Å²) in [6, 6.07) is 12.4. The molecule has 0 fully saturated rings. The Bertz CT molecular complexity index is 679. The molecule has 0 bridgehead atoms. The van der Waals surface area contributed by atoms with Crippen molar-refractivity contribution >= 4 is 23.1 Å². The molecule has 4 nitrogen and oxygen atoms in total. The fourth-order valence-electron chi connectivity index (χ4n) is 2.97. The van der Waals surface area contributed by atoms with Crippen molar-refractivity contribution in [3.8, 4) is 0 Å². The van der Waals surface area contributed by atoms with Gasteiger partial charge < -0.3 is 10.2 Å². The van der Waals surface area contributed by atoms with Crippen molar-refractivity contribution in [2.45, 2.75) is 33.1 Å². The summed E-state index contributed by atoms with van der Waals surface area (Å²) in [6.45, 7) is 5.05. The topological polar surface area (TPSA) is 45.2 Å². The highest BCUT2D eigenvalue weighted by Gasteiger charge is 2.18. The zero-order chi connectivity index (χ0) is 16.2. The predicted molar refractivity (Wildman–Crippen MR) is 94.1 cm³/mol. The van der Waals surface area contributed by atoms with Gasteiger partial charge in [0.25, 0.3) is 0 Å². The first-order valence-corrected chi connectivity index (χ1v) is 8.25. The van der Waals surface area contributed by atoms with E-state index in [-0.39, 0.29) is 5.91 Å². The Morgan fingerprint density at radius 1 is 1.26 bits per heavy atom. The highest BCUT2D eigenvalue weighted by Crippen LogP contribution is 2.32. The molecule has 3 rings (SSSR count). The van der Waals surface area contributed by atoms with Crippen LogP contribution in [0.3, 0.4) is 0 Å². The predicted octanol–water partition coefficient (Wildman–Crippen LogP) is 4.15. The van der Waals surface area contributed by atoms with Gasteiger partial charge in [0.1, 0.15) is 5.82 Å². The van der Waals surface area contributed by atoms with E-state index in [1.54, 1.807) is 6.20 Å². The highest BCUT2D eigenvalue weighted by atomic mass is 16.1. The van der Waals surface area contributed by atoms with Gasteiger partial charge in [0, 0.05) is 18.7 Å². The summed E-state index contributed by atoms with van der Waals surface area (Å²) in [5, 5.41) is 2.90. The Labute approximate surface area is 137 Å². The molecule has 0 saturated carbocycles. The van der Waals surface area contributed by atoms with E-state index in [0.717, 1.165) is 30.9 Å². The van der Waals surface area contributed by atoms with Gasteiger partial charge >= 0.3 is 0 Å². The number of aromatic nitrogens is 1. The minimum atomic E-state index is 0.0397. The van der Waals surface area contributed by atoms with Crippen molar-refractivity contribution in [2.24, 2.45) is 5.92 Å². The lowest BCUT2D eigenvalue weighted by molar-refractivity contribution is -0.116. The largest absolute Gasteiger partial charge is 0.326 e. The molecular weight excluding hydrogens is 286 g/mol. The van der Waals surface area contributed by atoms with E-state index in [2.05, 4.69) is 39.5 Å². The lowest BCUT2D eigenvalue weighted by atomic mass is 10.0. The number of carbonyl (C=O) groups is 1. The maximum atomic E-state index is 11.8. The number of hydrogen-bond acceptors (Lipinski definition) is 3. The first-order valence-electron chi connectivity index (χ1n) is 8.25. The molecule has 1 aliphatic heterocycles. The normalized spacial score (nSPS) is 13.8. The van der Waals surface area contributed by atoms with E-state index in [1.807, 2.05) is 26.0 Å². The van der Waals surface area contributed by atoms with E-state index in [4.69, 9.17) is 0 Å². The van der Waals surface area contributed by atoms with Gasteiger partial charge in [-0.25, -0.2) is 4.98 Å². The molecule has 1 aromatic carbocycles. The molecule has 0 spiro atoms. The average molecular weight is 309 g/mol. The molecule has 2 heterocycles. The summed E-state index contributed by atoms with van der Waals surface area (Å²) in [6.07, 6.45) is 4.52. The Morgan fingerprint density at radius 2 is 2.09 bits per heavy atom. The fourth-order valence-corrected chi connectivity index (χ4v) is 2.97. The van der Waals surface area contributed by atoms with Crippen LogP contribution in [0.1, 0.15) is 32.3 Å². The molecule has 0 unspecified atom stereocenters. The van der Waals surface area contributed by atoms with Crippen molar-refractivity contribution in [3.63, 3.8) is 0 Å². The van der Waals surface area contributed by atoms with Crippen LogP contribution in [-0.2, 0) is 11.2 Å². The summed E-state index contributed by atoms with van der Waals surface area (Å²) in [5.41, 5.74) is 3.36. The van der Waals surface area contributed by atoms with Gasteiger partial charge in [0.15, 0.2) is 0 Å². The van der Waals surface area contributed by atoms with Crippen LogP contribution in [0.15, 0.2) is 42.6 Å².